The molecule has 0 aliphatic carbocycles. The maximum Gasteiger partial charge on any atom is 0.257 e. The summed E-state index contributed by atoms with van der Waals surface area (Å²) in [6, 6.07) is 8.12. The molecule has 1 atom stereocenters. The standard InChI is InChI=1S/C12H15N3O/c1-8-5-4-6-10(7-8)12-14-11(15-16-12)9(2)13-3/h4-7,9,13H,1-3H3. The second-order valence-electron chi connectivity index (χ2n) is 3.84. The van der Waals surface area contributed by atoms with Crippen LogP contribution in [0.2, 0.25) is 0 Å². The van der Waals surface area contributed by atoms with Crippen molar-refractivity contribution in [1.29, 1.82) is 0 Å². The molecule has 4 heteroatoms. The number of nitrogens with one attached hydrogen (secondary N) is 1. The van der Waals surface area contributed by atoms with Crippen molar-refractivity contribution in [3.05, 3.63) is 35.7 Å². The molecule has 0 bridgehead atoms. The third-order valence-corrected chi connectivity index (χ3v) is 2.53. The van der Waals surface area contributed by atoms with Gasteiger partial charge in [-0.1, -0.05) is 22.9 Å². The molecule has 1 aromatic heterocycles. The van der Waals surface area contributed by atoms with E-state index in [0.717, 1.165) is 5.56 Å². The molecule has 0 fully saturated rings. The minimum atomic E-state index is 0.0994. The van der Waals surface area contributed by atoms with E-state index >= 15 is 0 Å². The fourth-order valence-electron chi connectivity index (χ4n) is 1.44. The first-order valence-corrected chi connectivity index (χ1v) is 5.28. The highest BCUT2D eigenvalue weighted by Crippen LogP contribution is 2.19. The summed E-state index contributed by atoms with van der Waals surface area (Å²) in [5.41, 5.74) is 2.14. The average molecular weight is 217 g/mol. The van der Waals surface area contributed by atoms with E-state index in [1.807, 2.05) is 45.2 Å². The molecule has 0 saturated heterocycles. The van der Waals surface area contributed by atoms with E-state index in [1.165, 1.54) is 5.56 Å². The summed E-state index contributed by atoms with van der Waals surface area (Å²) >= 11 is 0. The van der Waals surface area contributed by atoms with E-state index in [2.05, 4.69) is 15.5 Å². The molecule has 1 heterocycles. The number of benzene rings is 1. The highest BCUT2D eigenvalue weighted by Gasteiger charge is 2.12. The van der Waals surface area contributed by atoms with Crippen LogP contribution in [-0.4, -0.2) is 17.2 Å². The van der Waals surface area contributed by atoms with Crippen molar-refractivity contribution in [3.8, 4) is 11.5 Å². The van der Waals surface area contributed by atoms with E-state index in [0.29, 0.717) is 11.7 Å². The Kier molecular flexibility index (Phi) is 3.01. The van der Waals surface area contributed by atoms with Crippen molar-refractivity contribution in [3.63, 3.8) is 0 Å². The van der Waals surface area contributed by atoms with Gasteiger partial charge in [-0.3, -0.25) is 0 Å². The molecule has 1 N–H and O–H groups in total. The van der Waals surface area contributed by atoms with Crippen LogP contribution in [0, 0.1) is 6.92 Å². The molecule has 0 saturated carbocycles. The van der Waals surface area contributed by atoms with E-state index in [-0.39, 0.29) is 6.04 Å². The smallest absolute Gasteiger partial charge is 0.257 e. The molecule has 1 aromatic carbocycles. The molecule has 4 nitrogen and oxygen atoms in total. The summed E-state index contributed by atoms with van der Waals surface area (Å²) in [5, 5.41) is 7.02. The molecular weight excluding hydrogens is 202 g/mol. The molecule has 0 amide bonds. The molecule has 84 valence electrons. The topological polar surface area (TPSA) is 51.0 Å². The number of hydrogen-bond donors (Lipinski definition) is 1. The highest BCUT2D eigenvalue weighted by atomic mass is 16.5. The summed E-state index contributed by atoms with van der Waals surface area (Å²) in [4.78, 5) is 4.35. The van der Waals surface area contributed by atoms with Crippen LogP contribution in [0.25, 0.3) is 11.5 Å². The van der Waals surface area contributed by atoms with Gasteiger partial charge in [0.05, 0.1) is 6.04 Å². The highest BCUT2D eigenvalue weighted by molar-refractivity contribution is 5.53. The van der Waals surface area contributed by atoms with Gasteiger partial charge in [0.2, 0.25) is 0 Å². The van der Waals surface area contributed by atoms with Gasteiger partial charge in [-0.2, -0.15) is 4.98 Å². The van der Waals surface area contributed by atoms with Gasteiger partial charge in [0, 0.05) is 5.56 Å². The van der Waals surface area contributed by atoms with E-state index in [4.69, 9.17) is 4.52 Å². The lowest BCUT2D eigenvalue weighted by atomic mass is 10.1. The van der Waals surface area contributed by atoms with Gasteiger partial charge >= 0.3 is 0 Å². The molecule has 2 rings (SSSR count). The maximum absolute atomic E-state index is 5.23. The number of aromatic nitrogens is 2. The Morgan fingerprint density at radius 2 is 2.19 bits per heavy atom. The first kappa shape index (κ1) is 10.8. The van der Waals surface area contributed by atoms with Gasteiger partial charge < -0.3 is 9.84 Å². The Balaban J connectivity index is 2.31. The Morgan fingerprint density at radius 3 is 2.88 bits per heavy atom. The summed E-state index contributed by atoms with van der Waals surface area (Å²) in [6.07, 6.45) is 0. The lowest BCUT2D eigenvalue weighted by Crippen LogP contribution is -2.13. The van der Waals surface area contributed by atoms with Crippen molar-refractivity contribution in [1.82, 2.24) is 15.5 Å². The van der Waals surface area contributed by atoms with Crippen molar-refractivity contribution in [2.45, 2.75) is 19.9 Å². The predicted octanol–water partition coefficient (Wildman–Crippen LogP) is 2.33. The monoisotopic (exact) mass is 217 g/mol. The van der Waals surface area contributed by atoms with Crippen molar-refractivity contribution in [2.75, 3.05) is 7.05 Å². The van der Waals surface area contributed by atoms with Crippen LogP contribution >= 0.6 is 0 Å². The van der Waals surface area contributed by atoms with Gasteiger partial charge in [-0.05, 0) is 33.0 Å². The molecule has 2 aromatic rings. The van der Waals surface area contributed by atoms with Crippen molar-refractivity contribution in [2.24, 2.45) is 0 Å². The minimum absolute atomic E-state index is 0.0994. The normalized spacial score (nSPS) is 12.7. The fourth-order valence-corrected chi connectivity index (χ4v) is 1.44. The number of rotatable bonds is 3. The van der Waals surface area contributed by atoms with Crippen LogP contribution in [0.15, 0.2) is 28.8 Å². The molecule has 16 heavy (non-hydrogen) atoms. The summed E-state index contributed by atoms with van der Waals surface area (Å²) in [7, 11) is 1.87. The lowest BCUT2D eigenvalue weighted by molar-refractivity contribution is 0.413. The first-order valence-electron chi connectivity index (χ1n) is 5.28. The molecular formula is C12H15N3O. The Hall–Kier alpha value is -1.68. The third-order valence-electron chi connectivity index (χ3n) is 2.53. The van der Waals surface area contributed by atoms with Gasteiger partial charge in [0.15, 0.2) is 5.82 Å². The molecule has 0 spiro atoms. The Morgan fingerprint density at radius 1 is 1.38 bits per heavy atom. The molecule has 0 aliphatic rings. The van der Waals surface area contributed by atoms with Crippen LogP contribution in [0.5, 0.6) is 0 Å². The molecule has 0 radical (unpaired) electrons. The largest absolute Gasteiger partial charge is 0.334 e. The average Bonchev–Trinajstić information content (AvgIpc) is 2.77. The minimum Gasteiger partial charge on any atom is -0.334 e. The second kappa shape index (κ2) is 4.45. The SMILES string of the molecule is CNC(C)c1noc(-c2cccc(C)c2)n1. The van der Waals surface area contributed by atoms with Crippen LogP contribution in [0.1, 0.15) is 24.4 Å². The summed E-state index contributed by atoms with van der Waals surface area (Å²) in [5.74, 6) is 1.25. The number of nitrogens with zero attached hydrogens (tertiary/aromatic N) is 2. The molecule has 1 unspecified atom stereocenters. The Labute approximate surface area is 94.7 Å². The zero-order valence-corrected chi connectivity index (χ0v) is 9.69. The van der Waals surface area contributed by atoms with Gasteiger partial charge in [0.1, 0.15) is 0 Å². The quantitative estimate of drug-likeness (QED) is 0.857. The van der Waals surface area contributed by atoms with Gasteiger partial charge in [-0.15, -0.1) is 0 Å². The van der Waals surface area contributed by atoms with Crippen LogP contribution in [-0.2, 0) is 0 Å². The number of aryl methyl sites for hydroxylation is 1. The summed E-state index contributed by atoms with van der Waals surface area (Å²) in [6.45, 7) is 4.03. The second-order valence-corrected chi connectivity index (χ2v) is 3.84. The first-order chi connectivity index (χ1) is 7.70. The maximum atomic E-state index is 5.23. The van der Waals surface area contributed by atoms with Crippen molar-refractivity contribution < 1.29 is 4.52 Å². The summed E-state index contributed by atoms with van der Waals surface area (Å²) < 4.78 is 5.23. The molecule has 0 aliphatic heterocycles. The van der Waals surface area contributed by atoms with E-state index in [9.17, 15) is 0 Å². The lowest BCUT2D eigenvalue weighted by Gasteiger charge is -2.01. The van der Waals surface area contributed by atoms with Gasteiger partial charge in [0.25, 0.3) is 5.89 Å². The predicted molar refractivity (Wildman–Crippen MR) is 61.9 cm³/mol. The number of hydrogen-bond acceptors (Lipinski definition) is 4. The zero-order chi connectivity index (χ0) is 11.5. The fraction of sp³-hybridized carbons (Fsp3) is 0.333. The van der Waals surface area contributed by atoms with Crippen LogP contribution in [0.3, 0.4) is 0 Å². The Bertz CT molecular complexity index is 479. The zero-order valence-electron chi connectivity index (χ0n) is 9.69. The van der Waals surface area contributed by atoms with Crippen LogP contribution < -0.4 is 5.32 Å². The van der Waals surface area contributed by atoms with E-state index < -0.39 is 0 Å². The van der Waals surface area contributed by atoms with Crippen molar-refractivity contribution >= 4 is 0 Å². The van der Waals surface area contributed by atoms with E-state index in [1.54, 1.807) is 0 Å². The van der Waals surface area contributed by atoms with Gasteiger partial charge in [-0.25, -0.2) is 0 Å². The third kappa shape index (κ3) is 2.12. The van der Waals surface area contributed by atoms with Crippen LogP contribution in [0.4, 0.5) is 0 Å².